The molecule has 1 aliphatic rings. The Balaban J connectivity index is 1.52. The van der Waals surface area contributed by atoms with Crippen molar-refractivity contribution in [2.75, 3.05) is 13.7 Å². The standard InChI is InChI=1S/C27H26O5/c1-30-24-14-12-22(13-15-24)19-32-27(29)20-31-25-16-10-21(11-17-25)18-23-8-6-4-2-3-5-7-9-26(23)28/h10-18,26,28H,2-5,19-20H2,1H3/b23-18+. The van der Waals surface area contributed by atoms with Gasteiger partial charge in [-0.3, -0.25) is 0 Å². The summed E-state index contributed by atoms with van der Waals surface area (Å²) in [6.07, 6.45) is 4.52. The third-order valence-electron chi connectivity index (χ3n) is 4.74. The van der Waals surface area contributed by atoms with Crippen molar-refractivity contribution in [1.82, 2.24) is 0 Å². The Morgan fingerprint density at radius 2 is 1.72 bits per heavy atom. The number of benzene rings is 2. The maximum absolute atomic E-state index is 12.0. The first kappa shape index (κ1) is 23.0. The fourth-order valence-corrected chi connectivity index (χ4v) is 2.93. The van der Waals surface area contributed by atoms with Crippen LogP contribution >= 0.6 is 0 Å². The van der Waals surface area contributed by atoms with Gasteiger partial charge in [0.15, 0.2) is 6.61 Å². The SMILES string of the molecule is COc1ccc(COC(=O)COc2ccc(/C=C3\C#CCCCCC#CC3O)cc2)cc1. The molecule has 0 bridgehead atoms. The zero-order chi connectivity index (χ0) is 22.6. The minimum Gasteiger partial charge on any atom is -0.497 e. The molecule has 5 heteroatoms. The monoisotopic (exact) mass is 430 g/mol. The Bertz CT molecular complexity index is 1040. The van der Waals surface area contributed by atoms with Gasteiger partial charge in [0.25, 0.3) is 0 Å². The summed E-state index contributed by atoms with van der Waals surface area (Å²) in [5.41, 5.74) is 2.31. The summed E-state index contributed by atoms with van der Waals surface area (Å²) in [5, 5.41) is 10.3. The van der Waals surface area contributed by atoms with Gasteiger partial charge in [-0.25, -0.2) is 4.79 Å². The van der Waals surface area contributed by atoms with Gasteiger partial charge in [0.05, 0.1) is 7.11 Å². The van der Waals surface area contributed by atoms with Gasteiger partial charge in [0.2, 0.25) is 0 Å². The lowest BCUT2D eigenvalue weighted by atomic mass is 10.0. The molecule has 0 spiro atoms. The molecule has 0 heterocycles. The summed E-state index contributed by atoms with van der Waals surface area (Å²) in [7, 11) is 1.60. The molecule has 2 aromatic carbocycles. The molecule has 0 saturated heterocycles. The van der Waals surface area contributed by atoms with E-state index < -0.39 is 12.1 Å². The predicted molar refractivity (Wildman–Crippen MR) is 123 cm³/mol. The molecule has 1 unspecified atom stereocenters. The largest absolute Gasteiger partial charge is 0.497 e. The molecule has 5 nitrogen and oxygen atoms in total. The van der Waals surface area contributed by atoms with Gasteiger partial charge in [-0.1, -0.05) is 42.0 Å². The van der Waals surface area contributed by atoms with E-state index in [9.17, 15) is 9.90 Å². The number of methoxy groups -OCH3 is 1. The summed E-state index contributed by atoms with van der Waals surface area (Å²) in [6, 6.07) is 14.5. The van der Waals surface area contributed by atoms with Gasteiger partial charge in [-0.15, -0.1) is 5.92 Å². The normalized spacial score (nSPS) is 16.7. The first-order valence-electron chi connectivity index (χ1n) is 10.5. The number of rotatable bonds is 7. The van der Waals surface area contributed by atoms with Crippen molar-refractivity contribution in [1.29, 1.82) is 0 Å². The van der Waals surface area contributed by atoms with Crippen LogP contribution in [0.2, 0.25) is 0 Å². The van der Waals surface area contributed by atoms with E-state index in [0.29, 0.717) is 11.3 Å². The Kier molecular flexibility index (Phi) is 8.80. The zero-order valence-corrected chi connectivity index (χ0v) is 18.1. The molecule has 0 amide bonds. The van der Waals surface area contributed by atoms with Crippen molar-refractivity contribution >= 4 is 12.0 Å². The average Bonchev–Trinajstić information content (AvgIpc) is 2.83. The highest BCUT2D eigenvalue weighted by atomic mass is 16.6. The summed E-state index contributed by atoms with van der Waals surface area (Å²) in [4.78, 5) is 12.0. The topological polar surface area (TPSA) is 65.0 Å². The van der Waals surface area contributed by atoms with Gasteiger partial charge in [0.1, 0.15) is 24.2 Å². The number of carbonyl (C=O) groups is 1. The lowest BCUT2D eigenvalue weighted by Crippen LogP contribution is -2.14. The molecular weight excluding hydrogens is 404 g/mol. The van der Waals surface area contributed by atoms with Crippen LogP contribution in [0.4, 0.5) is 0 Å². The number of hydrogen-bond acceptors (Lipinski definition) is 5. The van der Waals surface area contributed by atoms with Crippen molar-refractivity contribution in [3.63, 3.8) is 0 Å². The summed E-state index contributed by atoms with van der Waals surface area (Å²) < 4.78 is 15.8. The lowest BCUT2D eigenvalue weighted by Gasteiger charge is -2.08. The highest BCUT2D eigenvalue weighted by Gasteiger charge is 2.08. The molecule has 32 heavy (non-hydrogen) atoms. The molecule has 0 fully saturated rings. The van der Waals surface area contributed by atoms with E-state index in [1.54, 1.807) is 19.2 Å². The predicted octanol–water partition coefficient (Wildman–Crippen LogP) is 4.14. The van der Waals surface area contributed by atoms with Crippen molar-refractivity contribution in [2.24, 2.45) is 0 Å². The number of esters is 1. The van der Waals surface area contributed by atoms with Crippen LogP contribution in [0.15, 0.2) is 54.1 Å². The van der Waals surface area contributed by atoms with Crippen LogP contribution in [0.25, 0.3) is 6.08 Å². The van der Waals surface area contributed by atoms with Gasteiger partial charge in [-0.2, -0.15) is 0 Å². The molecule has 0 radical (unpaired) electrons. The van der Waals surface area contributed by atoms with Gasteiger partial charge < -0.3 is 19.3 Å². The first-order chi connectivity index (χ1) is 15.6. The number of aliphatic hydroxyl groups is 1. The van der Waals surface area contributed by atoms with Crippen LogP contribution < -0.4 is 9.47 Å². The Morgan fingerprint density at radius 3 is 2.44 bits per heavy atom. The molecule has 1 N–H and O–H groups in total. The lowest BCUT2D eigenvalue weighted by molar-refractivity contribution is -0.147. The minimum absolute atomic E-state index is 0.172. The van der Waals surface area contributed by atoms with Crippen LogP contribution in [0, 0.1) is 23.7 Å². The molecule has 1 aliphatic carbocycles. The van der Waals surface area contributed by atoms with Crippen molar-refractivity contribution in [2.45, 2.75) is 38.4 Å². The molecular formula is C27H26O5. The van der Waals surface area contributed by atoms with Crippen molar-refractivity contribution < 1.29 is 24.1 Å². The van der Waals surface area contributed by atoms with Crippen molar-refractivity contribution in [3.05, 3.63) is 65.2 Å². The second-order valence-electron chi connectivity index (χ2n) is 7.20. The second-order valence-corrected chi connectivity index (χ2v) is 7.20. The van der Waals surface area contributed by atoms with Crippen LogP contribution in [-0.4, -0.2) is 30.9 Å². The number of aliphatic hydroxyl groups excluding tert-OH is 1. The minimum atomic E-state index is -0.892. The molecule has 164 valence electrons. The smallest absolute Gasteiger partial charge is 0.344 e. The summed E-state index contributed by atoms with van der Waals surface area (Å²) in [5.74, 6) is 12.8. The van der Waals surface area contributed by atoms with Crippen LogP contribution in [-0.2, 0) is 16.1 Å². The van der Waals surface area contributed by atoms with Crippen molar-refractivity contribution in [3.8, 4) is 35.2 Å². The number of carbonyl (C=O) groups excluding carboxylic acids is 1. The maximum atomic E-state index is 12.0. The van der Waals surface area contributed by atoms with Crippen LogP contribution in [0.5, 0.6) is 11.5 Å². The third-order valence-corrected chi connectivity index (χ3v) is 4.74. The van der Waals surface area contributed by atoms with E-state index in [4.69, 9.17) is 14.2 Å². The number of hydrogen-bond donors (Lipinski definition) is 1. The third kappa shape index (κ3) is 7.54. The Morgan fingerprint density at radius 1 is 1.03 bits per heavy atom. The maximum Gasteiger partial charge on any atom is 0.344 e. The van der Waals surface area contributed by atoms with Crippen LogP contribution in [0.3, 0.4) is 0 Å². The summed E-state index contributed by atoms with van der Waals surface area (Å²) >= 11 is 0. The Hall–Kier alpha value is -3.67. The van der Waals surface area contributed by atoms with Crippen LogP contribution in [0.1, 0.15) is 36.8 Å². The fourth-order valence-electron chi connectivity index (χ4n) is 2.93. The first-order valence-corrected chi connectivity index (χ1v) is 10.5. The van der Waals surface area contributed by atoms with Gasteiger partial charge in [0, 0.05) is 18.4 Å². The van der Waals surface area contributed by atoms with E-state index in [1.165, 1.54) is 0 Å². The Labute approximate surface area is 189 Å². The quantitative estimate of drug-likeness (QED) is 0.528. The molecule has 0 saturated carbocycles. The van der Waals surface area contributed by atoms with Gasteiger partial charge >= 0.3 is 5.97 Å². The molecule has 1 atom stereocenters. The fraction of sp³-hybridized carbons (Fsp3) is 0.296. The molecule has 2 aromatic rings. The molecule has 0 aromatic heterocycles. The van der Waals surface area contributed by atoms with E-state index in [2.05, 4.69) is 23.7 Å². The molecule has 3 rings (SSSR count). The van der Waals surface area contributed by atoms with E-state index in [-0.39, 0.29) is 13.2 Å². The van der Waals surface area contributed by atoms with E-state index in [0.717, 1.165) is 42.6 Å². The van der Waals surface area contributed by atoms with Gasteiger partial charge in [-0.05, 0) is 54.3 Å². The zero-order valence-electron chi connectivity index (χ0n) is 18.1. The van der Waals surface area contributed by atoms with E-state index in [1.807, 2.05) is 42.5 Å². The molecule has 0 aliphatic heterocycles. The number of ether oxygens (including phenoxy) is 3. The summed E-state index contributed by atoms with van der Waals surface area (Å²) in [6.45, 7) is -0.0126. The van der Waals surface area contributed by atoms with E-state index >= 15 is 0 Å². The highest BCUT2D eigenvalue weighted by Crippen LogP contribution is 2.17. The second kappa shape index (κ2) is 12.2. The highest BCUT2D eigenvalue weighted by molar-refractivity contribution is 5.71. The average molecular weight is 431 g/mol.